The Morgan fingerprint density at radius 3 is 2.82 bits per heavy atom. The molecule has 17 heavy (non-hydrogen) atoms. The zero-order valence-corrected chi connectivity index (χ0v) is 10.6. The second kappa shape index (κ2) is 6.08. The highest BCUT2D eigenvalue weighted by Gasteiger charge is 2.03. The van der Waals surface area contributed by atoms with Crippen molar-refractivity contribution in [2.75, 3.05) is 24.1 Å². The molecule has 94 valence electrons. The number of amides is 1. The minimum atomic E-state index is -0.0324. The van der Waals surface area contributed by atoms with Gasteiger partial charge in [0.2, 0.25) is 5.91 Å². The lowest BCUT2D eigenvalue weighted by molar-refractivity contribution is -0.119. The lowest BCUT2D eigenvalue weighted by atomic mass is 10.2. The number of nitrogens with two attached hydrogens (primary N) is 1. The van der Waals surface area contributed by atoms with Crippen molar-refractivity contribution in [3.05, 3.63) is 17.8 Å². The molecular weight excluding hydrogens is 216 g/mol. The third-order valence-corrected chi connectivity index (χ3v) is 2.29. The van der Waals surface area contributed by atoms with Crippen molar-refractivity contribution in [2.24, 2.45) is 5.92 Å². The average Bonchev–Trinajstić information content (AvgIpc) is 2.28. The summed E-state index contributed by atoms with van der Waals surface area (Å²) in [5, 5.41) is 5.78. The second-order valence-corrected chi connectivity index (χ2v) is 4.48. The Kier molecular flexibility index (Phi) is 4.75. The number of carbonyl (C=O) groups is 1. The number of anilines is 2. The highest BCUT2D eigenvalue weighted by atomic mass is 16.1. The van der Waals surface area contributed by atoms with E-state index in [-0.39, 0.29) is 12.5 Å². The number of carbonyl (C=O) groups excluding carboxylic acids is 1. The molecule has 0 saturated heterocycles. The number of nitrogen functional groups attached to an aromatic ring is 1. The smallest absolute Gasteiger partial charge is 0.239 e. The van der Waals surface area contributed by atoms with Gasteiger partial charge in [0, 0.05) is 6.54 Å². The van der Waals surface area contributed by atoms with Gasteiger partial charge in [-0.15, -0.1) is 0 Å². The molecule has 0 aromatic carbocycles. The molecule has 0 aliphatic heterocycles. The van der Waals surface area contributed by atoms with Crippen LogP contribution in [0.5, 0.6) is 0 Å². The standard InChI is InChI=1S/C12H20N4O/c1-8(2)5-16-12(17)7-15-11-4-9(3)10(13)6-14-11/h4,6,8H,5,7,13H2,1-3H3,(H,14,15)(H,16,17). The lowest BCUT2D eigenvalue weighted by Gasteiger charge is -2.09. The first-order chi connectivity index (χ1) is 7.99. The molecule has 4 N–H and O–H groups in total. The Morgan fingerprint density at radius 1 is 1.53 bits per heavy atom. The SMILES string of the molecule is Cc1cc(NCC(=O)NCC(C)C)ncc1N. The third-order valence-electron chi connectivity index (χ3n) is 2.29. The van der Waals surface area contributed by atoms with Gasteiger partial charge in [-0.05, 0) is 24.5 Å². The summed E-state index contributed by atoms with van der Waals surface area (Å²) in [6, 6.07) is 1.82. The summed E-state index contributed by atoms with van der Waals surface area (Å²) in [6.45, 7) is 6.93. The quantitative estimate of drug-likeness (QED) is 0.716. The van der Waals surface area contributed by atoms with Crippen molar-refractivity contribution in [1.82, 2.24) is 10.3 Å². The Bertz CT molecular complexity index is 390. The Labute approximate surface area is 102 Å². The van der Waals surface area contributed by atoms with Gasteiger partial charge in [0.05, 0.1) is 18.4 Å². The molecule has 1 aromatic heterocycles. The Morgan fingerprint density at radius 2 is 2.24 bits per heavy atom. The van der Waals surface area contributed by atoms with Crippen molar-refractivity contribution in [1.29, 1.82) is 0 Å². The van der Waals surface area contributed by atoms with Crippen molar-refractivity contribution in [3.63, 3.8) is 0 Å². The number of nitrogens with one attached hydrogen (secondary N) is 2. The van der Waals surface area contributed by atoms with Gasteiger partial charge >= 0.3 is 0 Å². The lowest BCUT2D eigenvalue weighted by Crippen LogP contribution is -2.32. The molecule has 0 atom stereocenters. The maximum Gasteiger partial charge on any atom is 0.239 e. The summed E-state index contributed by atoms with van der Waals surface area (Å²) >= 11 is 0. The van der Waals surface area contributed by atoms with Gasteiger partial charge in [-0.1, -0.05) is 13.8 Å². The first-order valence-electron chi connectivity index (χ1n) is 5.71. The number of pyridine rings is 1. The van der Waals surface area contributed by atoms with Crippen LogP contribution in [-0.4, -0.2) is 24.0 Å². The van der Waals surface area contributed by atoms with Crippen LogP contribution in [0, 0.1) is 12.8 Å². The molecule has 0 radical (unpaired) electrons. The van der Waals surface area contributed by atoms with Gasteiger partial charge in [-0.2, -0.15) is 0 Å². The molecular formula is C12H20N4O. The molecule has 1 heterocycles. The Hall–Kier alpha value is -1.78. The van der Waals surface area contributed by atoms with Crippen LogP contribution in [0.4, 0.5) is 11.5 Å². The second-order valence-electron chi connectivity index (χ2n) is 4.48. The highest BCUT2D eigenvalue weighted by molar-refractivity contribution is 5.80. The van der Waals surface area contributed by atoms with E-state index in [1.807, 2.05) is 13.0 Å². The van der Waals surface area contributed by atoms with Gasteiger partial charge in [-0.25, -0.2) is 4.98 Å². The maximum absolute atomic E-state index is 11.4. The zero-order chi connectivity index (χ0) is 12.8. The van der Waals surface area contributed by atoms with E-state index in [0.29, 0.717) is 24.0 Å². The predicted octanol–water partition coefficient (Wildman–Crippen LogP) is 1.16. The van der Waals surface area contributed by atoms with Crippen LogP contribution in [-0.2, 0) is 4.79 Å². The van der Waals surface area contributed by atoms with Crippen LogP contribution in [0.1, 0.15) is 19.4 Å². The van der Waals surface area contributed by atoms with Crippen LogP contribution in [0.25, 0.3) is 0 Å². The van der Waals surface area contributed by atoms with Crippen molar-refractivity contribution >= 4 is 17.4 Å². The molecule has 0 spiro atoms. The summed E-state index contributed by atoms with van der Waals surface area (Å²) in [4.78, 5) is 15.5. The number of nitrogens with zero attached hydrogens (tertiary/aromatic N) is 1. The minimum Gasteiger partial charge on any atom is -0.397 e. The van der Waals surface area contributed by atoms with E-state index >= 15 is 0 Å². The van der Waals surface area contributed by atoms with Crippen LogP contribution in [0.2, 0.25) is 0 Å². The number of rotatable bonds is 5. The van der Waals surface area contributed by atoms with Crippen LogP contribution < -0.4 is 16.4 Å². The van der Waals surface area contributed by atoms with E-state index in [1.165, 1.54) is 0 Å². The first kappa shape index (κ1) is 13.3. The van der Waals surface area contributed by atoms with E-state index in [9.17, 15) is 4.79 Å². The van der Waals surface area contributed by atoms with Crippen molar-refractivity contribution in [2.45, 2.75) is 20.8 Å². The largest absolute Gasteiger partial charge is 0.397 e. The summed E-state index contributed by atoms with van der Waals surface area (Å²) < 4.78 is 0. The van der Waals surface area contributed by atoms with Gasteiger partial charge in [-0.3, -0.25) is 4.79 Å². The molecule has 0 aliphatic rings. The molecule has 1 aromatic rings. The molecule has 5 nitrogen and oxygen atoms in total. The number of hydrogen-bond donors (Lipinski definition) is 3. The number of hydrogen-bond acceptors (Lipinski definition) is 4. The number of aromatic nitrogens is 1. The van der Waals surface area contributed by atoms with E-state index in [0.717, 1.165) is 5.56 Å². The fraction of sp³-hybridized carbons (Fsp3) is 0.500. The molecule has 1 amide bonds. The summed E-state index contributed by atoms with van der Waals surface area (Å²) in [7, 11) is 0. The maximum atomic E-state index is 11.4. The van der Waals surface area contributed by atoms with Gasteiger partial charge < -0.3 is 16.4 Å². The van der Waals surface area contributed by atoms with Crippen molar-refractivity contribution < 1.29 is 4.79 Å². The predicted molar refractivity (Wildman–Crippen MR) is 69.7 cm³/mol. The summed E-state index contributed by atoms with van der Waals surface area (Å²) in [5.74, 6) is 1.09. The molecule has 0 aliphatic carbocycles. The van der Waals surface area contributed by atoms with Gasteiger partial charge in [0.1, 0.15) is 5.82 Å². The monoisotopic (exact) mass is 236 g/mol. The summed E-state index contributed by atoms with van der Waals surface area (Å²) in [5.41, 5.74) is 7.26. The van der Waals surface area contributed by atoms with Crippen LogP contribution in [0.15, 0.2) is 12.3 Å². The summed E-state index contributed by atoms with van der Waals surface area (Å²) in [6.07, 6.45) is 1.59. The Balaban J connectivity index is 2.39. The first-order valence-corrected chi connectivity index (χ1v) is 5.71. The molecule has 0 bridgehead atoms. The fourth-order valence-electron chi connectivity index (χ4n) is 1.21. The molecule has 1 rings (SSSR count). The zero-order valence-electron chi connectivity index (χ0n) is 10.6. The molecule has 0 saturated carbocycles. The highest BCUT2D eigenvalue weighted by Crippen LogP contribution is 2.12. The van der Waals surface area contributed by atoms with E-state index in [1.54, 1.807) is 6.20 Å². The van der Waals surface area contributed by atoms with Crippen LogP contribution >= 0.6 is 0 Å². The fourth-order valence-corrected chi connectivity index (χ4v) is 1.21. The average molecular weight is 236 g/mol. The normalized spacial score (nSPS) is 10.4. The van der Waals surface area contributed by atoms with E-state index in [2.05, 4.69) is 29.5 Å². The van der Waals surface area contributed by atoms with Gasteiger partial charge in [0.15, 0.2) is 0 Å². The van der Waals surface area contributed by atoms with Gasteiger partial charge in [0.25, 0.3) is 0 Å². The third kappa shape index (κ3) is 4.72. The van der Waals surface area contributed by atoms with E-state index < -0.39 is 0 Å². The van der Waals surface area contributed by atoms with Crippen LogP contribution in [0.3, 0.4) is 0 Å². The topological polar surface area (TPSA) is 80.0 Å². The molecule has 0 fully saturated rings. The molecule has 0 unspecified atom stereocenters. The van der Waals surface area contributed by atoms with Crippen molar-refractivity contribution in [3.8, 4) is 0 Å². The minimum absolute atomic E-state index is 0.0324. The molecule has 5 heteroatoms. The van der Waals surface area contributed by atoms with E-state index in [4.69, 9.17) is 5.73 Å². The number of aryl methyl sites for hydroxylation is 1.